The van der Waals surface area contributed by atoms with E-state index in [1.54, 1.807) is 17.0 Å². The predicted molar refractivity (Wildman–Crippen MR) is 111 cm³/mol. The van der Waals surface area contributed by atoms with E-state index in [0.29, 0.717) is 22.7 Å². The van der Waals surface area contributed by atoms with Crippen molar-refractivity contribution in [3.8, 4) is 11.5 Å². The van der Waals surface area contributed by atoms with Crippen LogP contribution in [0.1, 0.15) is 46.1 Å². The van der Waals surface area contributed by atoms with Crippen molar-refractivity contribution in [2.45, 2.75) is 32.2 Å². The van der Waals surface area contributed by atoms with Gasteiger partial charge in [0.2, 0.25) is 0 Å². The van der Waals surface area contributed by atoms with Gasteiger partial charge in [-0.1, -0.05) is 24.3 Å². The molecule has 1 N–H and O–H groups in total. The average Bonchev–Trinajstić information content (AvgIpc) is 3.36. The lowest BCUT2D eigenvalue weighted by Gasteiger charge is -2.26. The summed E-state index contributed by atoms with van der Waals surface area (Å²) in [6.45, 7) is 1.91. The fourth-order valence-electron chi connectivity index (χ4n) is 4.31. The molecule has 1 aromatic carbocycles. The highest BCUT2D eigenvalue weighted by atomic mass is 16.3. The van der Waals surface area contributed by atoms with Gasteiger partial charge in [-0.2, -0.15) is 5.10 Å². The zero-order valence-corrected chi connectivity index (χ0v) is 16.5. The van der Waals surface area contributed by atoms with E-state index in [1.165, 1.54) is 11.1 Å². The normalized spacial score (nSPS) is 16.0. The quantitative estimate of drug-likeness (QED) is 0.568. The summed E-state index contributed by atoms with van der Waals surface area (Å²) in [7, 11) is 1.84. The first-order valence-electron chi connectivity index (χ1n) is 9.88. The first-order valence-corrected chi connectivity index (χ1v) is 9.88. The van der Waals surface area contributed by atoms with E-state index in [9.17, 15) is 4.79 Å². The Bertz CT molecular complexity index is 1210. The molecule has 0 radical (unpaired) electrons. The standard InChI is InChI=1S/C23H22N4O2/c1-14-21-17(13-19(20-11-6-12-29-20)24-22(21)27(2)26-14)23(28)25-18-10-5-8-15-7-3-4-9-16(15)18/h3-4,6-7,9,11-13,18H,5,8,10H2,1-2H3,(H,25,28). The number of aromatic nitrogens is 3. The largest absolute Gasteiger partial charge is 0.463 e. The molecule has 3 aromatic heterocycles. The molecule has 4 aromatic rings. The number of aryl methyl sites for hydroxylation is 3. The fraction of sp³-hybridized carbons (Fsp3) is 0.261. The molecule has 5 rings (SSSR count). The van der Waals surface area contributed by atoms with Crippen LogP contribution in [0.2, 0.25) is 0 Å². The molecule has 1 unspecified atom stereocenters. The Balaban J connectivity index is 1.58. The van der Waals surface area contributed by atoms with Crippen LogP contribution in [-0.2, 0) is 13.5 Å². The lowest BCUT2D eigenvalue weighted by molar-refractivity contribution is 0.0934. The Morgan fingerprint density at radius 2 is 2.10 bits per heavy atom. The van der Waals surface area contributed by atoms with Gasteiger partial charge in [0.25, 0.3) is 5.91 Å². The van der Waals surface area contributed by atoms with Gasteiger partial charge in [-0.15, -0.1) is 0 Å². The number of nitrogens with zero attached hydrogens (tertiary/aromatic N) is 3. The second kappa shape index (κ2) is 6.88. The number of hydrogen-bond acceptors (Lipinski definition) is 4. The average molecular weight is 386 g/mol. The van der Waals surface area contributed by atoms with E-state index in [-0.39, 0.29) is 11.9 Å². The van der Waals surface area contributed by atoms with E-state index in [2.05, 4.69) is 28.6 Å². The molecule has 1 amide bonds. The van der Waals surface area contributed by atoms with Crippen molar-refractivity contribution in [2.24, 2.45) is 7.05 Å². The summed E-state index contributed by atoms with van der Waals surface area (Å²) in [5.74, 6) is 0.519. The molecule has 1 atom stereocenters. The Morgan fingerprint density at radius 3 is 2.93 bits per heavy atom. The van der Waals surface area contributed by atoms with E-state index in [1.807, 2.05) is 32.2 Å². The molecule has 1 aliphatic rings. The van der Waals surface area contributed by atoms with Gasteiger partial charge in [-0.3, -0.25) is 9.48 Å². The maximum absolute atomic E-state index is 13.4. The number of furan rings is 1. The van der Waals surface area contributed by atoms with Crippen molar-refractivity contribution in [1.29, 1.82) is 0 Å². The molecule has 0 saturated carbocycles. The highest BCUT2D eigenvalue weighted by Gasteiger charge is 2.25. The van der Waals surface area contributed by atoms with Gasteiger partial charge < -0.3 is 9.73 Å². The summed E-state index contributed by atoms with van der Waals surface area (Å²) in [6, 6.07) is 13.8. The van der Waals surface area contributed by atoms with E-state index >= 15 is 0 Å². The third-order valence-electron chi connectivity index (χ3n) is 5.66. The van der Waals surface area contributed by atoms with Gasteiger partial charge in [0.1, 0.15) is 5.69 Å². The fourth-order valence-corrected chi connectivity index (χ4v) is 4.31. The van der Waals surface area contributed by atoms with Crippen molar-refractivity contribution in [1.82, 2.24) is 20.1 Å². The molecule has 3 heterocycles. The van der Waals surface area contributed by atoms with Crippen LogP contribution in [0, 0.1) is 6.92 Å². The van der Waals surface area contributed by atoms with Crippen LogP contribution < -0.4 is 5.32 Å². The third kappa shape index (κ3) is 3.01. The number of carbonyl (C=O) groups is 1. The number of benzene rings is 1. The number of rotatable bonds is 3. The number of pyridine rings is 1. The molecule has 0 spiro atoms. The Hall–Kier alpha value is -3.41. The maximum atomic E-state index is 13.4. The Morgan fingerprint density at radius 1 is 1.24 bits per heavy atom. The van der Waals surface area contributed by atoms with Gasteiger partial charge in [0.05, 0.1) is 28.9 Å². The van der Waals surface area contributed by atoms with Gasteiger partial charge >= 0.3 is 0 Å². The maximum Gasteiger partial charge on any atom is 0.252 e. The Kier molecular flexibility index (Phi) is 4.19. The van der Waals surface area contributed by atoms with Gasteiger partial charge in [0, 0.05) is 7.05 Å². The Labute approximate surface area is 168 Å². The second-order valence-corrected chi connectivity index (χ2v) is 7.56. The molecule has 0 fully saturated rings. The topological polar surface area (TPSA) is 73.0 Å². The number of carbonyl (C=O) groups excluding carboxylic acids is 1. The van der Waals surface area contributed by atoms with E-state index in [0.717, 1.165) is 30.3 Å². The molecule has 146 valence electrons. The summed E-state index contributed by atoms with van der Waals surface area (Å²) < 4.78 is 7.23. The molecular formula is C23H22N4O2. The summed E-state index contributed by atoms with van der Waals surface area (Å²) in [5, 5.41) is 8.52. The molecule has 0 bridgehead atoms. The lowest BCUT2D eigenvalue weighted by atomic mass is 9.87. The van der Waals surface area contributed by atoms with Gasteiger partial charge in [-0.25, -0.2) is 4.98 Å². The molecule has 6 heteroatoms. The van der Waals surface area contributed by atoms with Crippen LogP contribution in [0.15, 0.2) is 53.1 Å². The number of amides is 1. The SMILES string of the molecule is Cc1nn(C)c2nc(-c3ccco3)cc(C(=O)NC3CCCc4ccccc43)c12. The highest BCUT2D eigenvalue weighted by molar-refractivity contribution is 6.07. The third-order valence-corrected chi connectivity index (χ3v) is 5.66. The summed E-state index contributed by atoms with van der Waals surface area (Å²) in [4.78, 5) is 18.1. The van der Waals surface area contributed by atoms with E-state index < -0.39 is 0 Å². The molecule has 0 aliphatic heterocycles. The minimum atomic E-state index is -0.108. The van der Waals surface area contributed by atoms with Crippen LogP contribution in [0.3, 0.4) is 0 Å². The van der Waals surface area contributed by atoms with Crippen molar-refractivity contribution in [2.75, 3.05) is 0 Å². The second-order valence-electron chi connectivity index (χ2n) is 7.56. The zero-order chi connectivity index (χ0) is 20.0. The molecule has 1 aliphatic carbocycles. The number of nitrogens with one attached hydrogen (secondary N) is 1. The van der Waals surface area contributed by atoms with Crippen LogP contribution in [-0.4, -0.2) is 20.7 Å². The van der Waals surface area contributed by atoms with Gasteiger partial charge in [0.15, 0.2) is 11.4 Å². The summed E-state index contributed by atoms with van der Waals surface area (Å²) in [5.41, 5.74) is 5.19. The van der Waals surface area contributed by atoms with Crippen LogP contribution >= 0.6 is 0 Å². The smallest absolute Gasteiger partial charge is 0.252 e. The molecule has 0 saturated heterocycles. The molecule has 6 nitrogen and oxygen atoms in total. The predicted octanol–water partition coefficient (Wildman–Crippen LogP) is 4.34. The zero-order valence-electron chi connectivity index (χ0n) is 16.5. The monoisotopic (exact) mass is 386 g/mol. The van der Waals surface area contributed by atoms with Crippen molar-refractivity contribution in [3.63, 3.8) is 0 Å². The minimum absolute atomic E-state index is 0.0136. The molecular weight excluding hydrogens is 364 g/mol. The number of hydrogen-bond donors (Lipinski definition) is 1. The summed E-state index contributed by atoms with van der Waals surface area (Å²) in [6.07, 6.45) is 4.67. The lowest BCUT2D eigenvalue weighted by Crippen LogP contribution is -2.31. The van der Waals surface area contributed by atoms with Crippen molar-refractivity contribution in [3.05, 3.63) is 71.1 Å². The first kappa shape index (κ1) is 17.7. The van der Waals surface area contributed by atoms with Crippen LogP contribution in [0.25, 0.3) is 22.5 Å². The molecule has 29 heavy (non-hydrogen) atoms. The first-order chi connectivity index (χ1) is 14.1. The van der Waals surface area contributed by atoms with Crippen LogP contribution in [0.5, 0.6) is 0 Å². The van der Waals surface area contributed by atoms with Crippen molar-refractivity contribution >= 4 is 16.9 Å². The van der Waals surface area contributed by atoms with Crippen LogP contribution in [0.4, 0.5) is 0 Å². The number of fused-ring (bicyclic) bond motifs is 2. The minimum Gasteiger partial charge on any atom is -0.463 e. The van der Waals surface area contributed by atoms with Gasteiger partial charge in [-0.05, 0) is 55.5 Å². The van der Waals surface area contributed by atoms with E-state index in [4.69, 9.17) is 9.40 Å². The highest BCUT2D eigenvalue weighted by Crippen LogP contribution is 2.31. The summed E-state index contributed by atoms with van der Waals surface area (Å²) >= 11 is 0. The van der Waals surface area contributed by atoms with Crippen molar-refractivity contribution < 1.29 is 9.21 Å².